The number of carboxylic acids is 1. The molecule has 0 aliphatic rings. The molecule has 0 fully saturated rings. The van der Waals surface area contributed by atoms with E-state index in [1.54, 1.807) is 0 Å². The molecule has 0 aromatic rings. The lowest BCUT2D eigenvalue weighted by atomic mass is 10.2. The van der Waals surface area contributed by atoms with Crippen LogP contribution in [0, 0.1) is 0 Å². The Bertz CT molecular complexity index is 366. The van der Waals surface area contributed by atoms with Crippen molar-refractivity contribution >= 4 is 21.8 Å². The molecule has 0 aliphatic heterocycles. The maximum atomic E-state index is 11.0. The first-order chi connectivity index (χ1) is 7.72. The number of carboxylic acid groups (broad SMARTS) is 1. The monoisotopic (exact) mass is 268 g/mol. The van der Waals surface area contributed by atoms with Gasteiger partial charge in [0.2, 0.25) is 0 Å². The van der Waals surface area contributed by atoms with Crippen LogP contribution < -0.4 is 10.6 Å². The minimum absolute atomic E-state index is 0.0157. The highest BCUT2D eigenvalue weighted by atomic mass is 32.2. The molecule has 0 aliphatic carbocycles. The van der Waals surface area contributed by atoms with Crippen LogP contribution in [0.3, 0.4) is 0 Å². The predicted molar refractivity (Wildman–Crippen MR) is 59.4 cm³/mol. The SMILES string of the molecule is CS(=O)(=O)CCNC(=O)NCCC(O)C(=O)O. The summed E-state index contributed by atoms with van der Waals surface area (Å²) in [5, 5.41) is 21.8. The molecule has 0 rings (SSSR count). The molecule has 0 radical (unpaired) electrons. The van der Waals surface area contributed by atoms with Crippen molar-refractivity contribution in [3.63, 3.8) is 0 Å². The number of aliphatic hydroxyl groups excluding tert-OH is 1. The minimum Gasteiger partial charge on any atom is -0.479 e. The molecule has 0 spiro atoms. The molecule has 0 aromatic carbocycles. The van der Waals surface area contributed by atoms with Gasteiger partial charge in [-0.15, -0.1) is 0 Å². The Labute approximate surface area is 98.9 Å². The fourth-order valence-corrected chi connectivity index (χ4v) is 1.33. The van der Waals surface area contributed by atoms with Gasteiger partial charge in [0.05, 0.1) is 5.75 Å². The molecule has 0 heterocycles. The Hall–Kier alpha value is -1.35. The first kappa shape index (κ1) is 15.7. The normalized spacial score (nSPS) is 12.8. The lowest BCUT2D eigenvalue weighted by Gasteiger charge is -2.08. The summed E-state index contributed by atoms with van der Waals surface area (Å²) in [5.74, 6) is -1.53. The molecule has 0 aromatic heterocycles. The van der Waals surface area contributed by atoms with Gasteiger partial charge in [-0.3, -0.25) is 0 Å². The summed E-state index contributed by atoms with van der Waals surface area (Å²) >= 11 is 0. The summed E-state index contributed by atoms with van der Waals surface area (Å²) in [6.45, 7) is -0.0374. The van der Waals surface area contributed by atoms with Crippen LogP contribution >= 0.6 is 0 Å². The number of nitrogens with one attached hydrogen (secondary N) is 2. The van der Waals surface area contributed by atoms with Crippen molar-refractivity contribution in [2.45, 2.75) is 12.5 Å². The molecule has 0 saturated carbocycles. The zero-order valence-electron chi connectivity index (χ0n) is 9.34. The fraction of sp³-hybridized carbons (Fsp3) is 0.750. The van der Waals surface area contributed by atoms with Crippen LogP contribution in [0.25, 0.3) is 0 Å². The van der Waals surface area contributed by atoms with Crippen LogP contribution in [0.15, 0.2) is 0 Å². The highest BCUT2D eigenvalue weighted by molar-refractivity contribution is 7.90. The third-order valence-electron chi connectivity index (χ3n) is 1.75. The van der Waals surface area contributed by atoms with Crippen molar-refractivity contribution in [1.29, 1.82) is 0 Å². The summed E-state index contributed by atoms with van der Waals surface area (Å²) in [4.78, 5) is 21.2. The number of hydrogen-bond acceptors (Lipinski definition) is 5. The van der Waals surface area contributed by atoms with E-state index in [1.807, 2.05) is 0 Å². The molecule has 8 nitrogen and oxygen atoms in total. The maximum absolute atomic E-state index is 11.0. The third kappa shape index (κ3) is 9.57. The molecule has 0 bridgehead atoms. The zero-order valence-corrected chi connectivity index (χ0v) is 10.2. The highest BCUT2D eigenvalue weighted by Gasteiger charge is 2.12. The smallest absolute Gasteiger partial charge is 0.332 e. The third-order valence-corrected chi connectivity index (χ3v) is 2.69. The van der Waals surface area contributed by atoms with Crippen molar-refractivity contribution < 1.29 is 28.2 Å². The van der Waals surface area contributed by atoms with Gasteiger partial charge in [-0.05, 0) is 0 Å². The summed E-state index contributed by atoms with van der Waals surface area (Å²) in [5.41, 5.74) is 0. The molecule has 0 saturated heterocycles. The fourth-order valence-electron chi connectivity index (χ4n) is 0.858. The number of amides is 2. The number of urea groups is 1. The van der Waals surface area contributed by atoms with Gasteiger partial charge < -0.3 is 20.8 Å². The van der Waals surface area contributed by atoms with Crippen LogP contribution in [0.4, 0.5) is 4.79 Å². The van der Waals surface area contributed by atoms with Crippen molar-refractivity contribution in [1.82, 2.24) is 10.6 Å². The molecule has 2 amide bonds. The topological polar surface area (TPSA) is 133 Å². The molecule has 9 heteroatoms. The minimum atomic E-state index is -3.13. The van der Waals surface area contributed by atoms with Crippen LogP contribution in [-0.4, -0.2) is 61.8 Å². The number of carbonyl (C=O) groups is 2. The lowest BCUT2D eigenvalue weighted by Crippen LogP contribution is -2.39. The molecule has 1 unspecified atom stereocenters. The second-order valence-electron chi connectivity index (χ2n) is 3.46. The average molecular weight is 268 g/mol. The molecule has 4 N–H and O–H groups in total. The Morgan fingerprint density at radius 2 is 1.76 bits per heavy atom. The van der Waals surface area contributed by atoms with Crippen molar-refractivity contribution in [3.05, 3.63) is 0 Å². The number of carbonyl (C=O) groups excluding carboxylic acids is 1. The number of aliphatic carboxylic acids is 1. The molecule has 1 atom stereocenters. The quantitative estimate of drug-likeness (QED) is 0.429. The second kappa shape index (κ2) is 7.07. The zero-order chi connectivity index (χ0) is 13.5. The van der Waals surface area contributed by atoms with Gasteiger partial charge in [-0.25, -0.2) is 18.0 Å². The molecule has 100 valence electrons. The maximum Gasteiger partial charge on any atom is 0.332 e. The largest absolute Gasteiger partial charge is 0.479 e. The van der Waals surface area contributed by atoms with E-state index in [-0.39, 0.29) is 25.3 Å². The van der Waals surface area contributed by atoms with Gasteiger partial charge in [0.1, 0.15) is 9.84 Å². The molecular formula is C8H16N2O6S. The standard InChI is InChI=1S/C8H16N2O6S/c1-17(15,16)5-4-10-8(14)9-3-2-6(11)7(12)13/h6,11H,2-5H2,1H3,(H,12,13)(H2,9,10,14). The van der Waals surface area contributed by atoms with E-state index in [2.05, 4.69) is 10.6 Å². The van der Waals surface area contributed by atoms with Gasteiger partial charge in [-0.2, -0.15) is 0 Å². The van der Waals surface area contributed by atoms with Gasteiger partial charge in [0.15, 0.2) is 6.10 Å². The van der Waals surface area contributed by atoms with Crippen molar-refractivity contribution in [3.8, 4) is 0 Å². The van der Waals surface area contributed by atoms with E-state index in [4.69, 9.17) is 10.2 Å². The van der Waals surface area contributed by atoms with Gasteiger partial charge >= 0.3 is 12.0 Å². The highest BCUT2D eigenvalue weighted by Crippen LogP contribution is 1.89. The van der Waals surface area contributed by atoms with Crippen molar-refractivity contribution in [2.75, 3.05) is 25.1 Å². The Kier molecular flexibility index (Phi) is 6.51. The van der Waals surface area contributed by atoms with E-state index in [1.165, 1.54) is 0 Å². The van der Waals surface area contributed by atoms with Crippen LogP contribution in [0.2, 0.25) is 0 Å². The first-order valence-corrected chi connectivity index (χ1v) is 6.88. The number of rotatable bonds is 7. The van der Waals surface area contributed by atoms with E-state index in [9.17, 15) is 18.0 Å². The van der Waals surface area contributed by atoms with Gasteiger partial charge in [0, 0.05) is 25.8 Å². The second-order valence-corrected chi connectivity index (χ2v) is 5.72. The molecule has 17 heavy (non-hydrogen) atoms. The number of hydrogen-bond donors (Lipinski definition) is 4. The summed E-state index contributed by atoms with van der Waals surface area (Å²) < 4.78 is 21.4. The van der Waals surface area contributed by atoms with Crippen LogP contribution in [-0.2, 0) is 14.6 Å². The number of aliphatic hydroxyl groups is 1. The lowest BCUT2D eigenvalue weighted by molar-refractivity contribution is -0.146. The van der Waals surface area contributed by atoms with E-state index in [0.29, 0.717) is 0 Å². The van der Waals surface area contributed by atoms with Gasteiger partial charge in [-0.1, -0.05) is 0 Å². The van der Waals surface area contributed by atoms with Crippen LogP contribution in [0.5, 0.6) is 0 Å². The number of sulfone groups is 1. The van der Waals surface area contributed by atoms with Crippen LogP contribution in [0.1, 0.15) is 6.42 Å². The molecular weight excluding hydrogens is 252 g/mol. The summed E-state index contributed by atoms with van der Waals surface area (Å²) in [6.07, 6.45) is -0.587. The predicted octanol–water partition coefficient (Wildman–Crippen LogP) is -1.83. The van der Waals surface area contributed by atoms with E-state index in [0.717, 1.165) is 6.26 Å². The Morgan fingerprint density at radius 1 is 1.24 bits per heavy atom. The summed E-state index contributed by atoms with van der Waals surface area (Å²) in [7, 11) is -3.13. The first-order valence-electron chi connectivity index (χ1n) is 4.82. The Morgan fingerprint density at radius 3 is 2.24 bits per heavy atom. The van der Waals surface area contributed by atoms with Crippen molar-refractivity contribution in [2.24, 2.45) is 0 Å². The summed E-state index contributed by atoms with van der Waals surface area (Å²) in [6, 6.07) is -0.605. The Balaban J connectivity index is 3.64. The van der Waals surface area contributed by atoms with Gasteiger partial charge in [0.25, 0.3) is 0 Å². The van der Waals surface area contributed by atoms with E-state index < -0.39 is 27.9 Å². The van der Waals surface area contributed by atoms with E-state index >= 15 is 0 Å². The average Bonchev–Trinajstić information content (AvgIpc) is 2.15.